The molecular weight excluding hydrogens is 382 g/mol. The molecule has 0 saturated carbocycles. The van der Waals surface area contributed by atoms with Crippen molar-refractivity contribution in [3.63, 3.8) is 0 Å². The summed E-state index contributed by atoms with van der Waals surface area (Å²) < 4.78 is 7.57. The highest BCUT2D eigenvalue weighted by molar-refractivity contribution is 5.87. The summed E-state index contributed by atoms with van der Waals surface area (Å²) in [7, 11) is 1.88. The Bertz CT molecular complexity index is 1060. The summed E-state index contributed by atoms with van der Waals surface area (Å²) in [5.74, 6) is 1.98. The van der Waals surface area contributed by atoms with Gasteiger partial charge in [-0.25, -0.2) is 9.97 Å². The van der Waals surface area contributed by atoms with E-state index in [1.54, 1.807) is 17.2 Å². The average molecular weight is 407 g/mol. The predicted molar refractivity (Wildman–Crippen MR) is 112 cm³/mol. The number of fused-ring (bicyclic) bond motifs is 2. The van der Waals surface area contributed by atoms with Gasteiger partial charge in [0.15, 0.2) is 5.65 Å². The van der Waals surface area contributed by atoms with Crippen LogP contribution in [-0.4, -0.2) is 81.3 Å². The van der Waals surface area contributed by atoms with Crippen LogP contribution in [0.15, 0.2) is 36.8 Å². The van der Waals surface area contributed by atoms with E-state index in [1.165, 1.54) is 0 Å². The second-order valence-corrected chi connectivity index (χ2v) is 7.74. The largest absolute Gasteiger partial charge is 0.492 e. The number of carbonyl (C=O) groups is 1. The first-order valence-electron chi connectivity index (χ1n) is 10.3. The lowest BCUT2D eigenvalue weighted by atomic mass is 10.2. The fourth-order valence-electron chi connectivity index (χ4n) is 4.18. The van der Waals surface area contributed by atoms with E-state index in [0.717, 1.165) is 54.3 Å². The minimum Gasteiger partial charge on any atom is -0.492 e. The molecule has 5 rings (SSSR count). The molecule has 4 heterocycles. The fourth-order valence-corrected chi connectivity index (χ4v) is 4.18. The maximum atomic E-state index is 12.9. The number of aromatic nitrogens is 4. The fraction of sp³-hybridized carbons (Fsp3) is 0.429. The number of rotatable bonds is 3. The first kappa shape index (κ1) is 18.8. The summed E-state index contributed by atoms with van der Waals surface area (Å²) in [5, 5.41) is 5.24. The van der Waals surface area contributed by atoms with Gasteiger partial charge in [0.1, 0.15) is 24.5 Å². The molecule has 0 aliphatic carbocycles. The van der Waals surface area contributed by atoms with E-state index in [1.807, 2.05) is 30.1 Å². The highest BCUT2D eigenvalue weighted by atomic mass is 16.5. The SMILES string of the molecule is Cn1ncc2c(N3CCN(C(=O)CN4CCOc5ccccc5C4)CC3)ncnc21. The standard InChI is InChI=1S/C21H25N7O2/c1-25-20-17(12-24-25)21(23-15-22-20)28-8-6-27(7-9-28)19(29)14-26-10-11-30-18-5-3-2-4-16(18)13-26/h2-5,12,15H,6-11,13-14H2,1H3. The second-order valence-electron chi connectivity index (χ2n) is 7.74. The lowest BCUT2D eigenvalue weighted by Crippen LogP contribution is -2.51. The summed E-state index contributed by atoms with van der Waals surface area (Å²) in [6, 6.07) is 8.05. The molecule has 0 unspecified atom stereocenters. The van der Waals surface area contributed by atoms with Crippen LogP contribution in [0.3, 0.4) is 0 Å². The smallest absolute Gasteiger partial charge is 0.236 e. The van der Waals surface area contributed by atoms with E-state index in [-0.39, 0.29) is 5.91 Å². The lowest BCUT2D eigenvalue weighted by molar-refractivity contribution is -0.132. The molecule has 1 amide bonds. The summed E-state index contributed by atoms with van der Waals surface area (Å²) in [6.07, 6.45) is 3.39. The Morgan fingerprint density at radius 3 is 2.80 bits per heavy atom. The normalized spacial score (nSPS) is 17.5. The van der Waals surface area contributed by atoms with Crippen molar-refractivity contribution in [2.45, 2.75) is 6.54 Å². The van der Waals surface area contributed by atoms with Gasteiger partial charge < -0.3 is 14.5 Å². The zero-order chi connectivity index (χ0) is 20.5. The number of nitrogens with zero attached hydrogens (tertiary/aromatic N) is 7. The number of hydrogen-bond acceptors (Lipinski definition) is 7. The zero-order valence-electron chi connectivity index (χ0n) is 17.1. The molecule has 1 saturated heterocycles. The highest BCUT2D eigenvalue weighted by Crippen LogP contribution is 2.24. The monoisotopic (exact) mass is 407 g/mol. The number of ether oxygens (including phenoxy) is 1. The van der Waals surface area contributed by atoms with Gasteiger partial charge in [0, 0.05) is 51.9 Å². The Balaban J connectivity index is 1.21. The van der Waals surface area contributed by atoms with E-state index < -0.39 is 0 Å². The van der Waals surface area contributed by atoms with Crippen LogP contribution in [0.25, 0.3) is 11.0 Å². The summed E-state index contributed by atoms with van der Waals surface area (Å²) in [4.78, 5) is 28.1. The number of benzene rings is 1. The zero-order valence-corrected chi connectivity index (χ0v) is 17.1. The van der Waals surface area contributed by atoms with Crippen molar-refractivity contribution >= 4 is 22.8 Å². The minimum absolute atomic E-state index is 0.170. The number of piperazine rings is 1. The van der Waals surface area contributed by atoms with Gasteiger partial charge in [-0.15, -0.1) is 0 Å². The van der Waals surface area contributed by atoms with Gasteiger partial charge in [0.05, 0.1) is 18.1 Å². The molecule has 156 valence electrons. The van der Waals surface area contributed by atoms with Gasteiger partial charge >= 0.3 is 0 Å². The highest BCUT2D eigenvalue weighted by Gasteiger charge is 2.26. The van der Waals surface area contributed by atoms with E-state index in [4.69, 9.17) is 4.74 Å². The Morgan fingerprint density at radius 1 is 1.10 bits per heavy atom. The molecule has 0 bridgehead atoms. The van der Waals surface area contributed by atoms with E-state index in [0.29, 0.717) is 26.2 Å². The molecule has 1 fully saturated rings. The van der Waals surface area contributed by atoms with Crippen LogP contribution in [0, 0.1) is 0 Å². The number of carbonyl (C=O) groups excluding carboxylic acids is 1. The Morgan fingerprint density at radius 2 is 1.93 bits per heavy atom. The topological polar surface area (TPSA) is 79.6 Å². The molecule has 9 nitrogen and oxygen atoms in total. The third-order valence-electron chi connectivity index (χ3n) is 5.83. The Labute approximate surface area is 174 Å². The number of amides is 1. The number of para-hydroxylation sites is 1. The maximum Gasteiger partial charge on any atom is 0.236 e. The van der Waals surface area contributed by atoms with Crippen LogP contribution in [0.4, 0.5) is 5.82 Å². The molecule has 2 aliphatic rings. The molecule has 0 spiro atoms. The quantitative estimate of drug-likeness (QED) is 0.638. The molecule has 1 aromatic carbocycles. The molecule has 2 aliphatic heterocycles. The van der Waals surface area contributed by atoms with Gasteiger partial charge in [-0.3, -0.25) is 14.4 Å². The Kier molecular flexibility index (Phi) is 4.96. The predicted octanol–water partition coefficient (Wildman–Crippen LogP) is 0.906. The van der Waals surface area contributed by atoms with Crippen molar-refractivity contribution in [2.24, 2.45) is 7.05 Å². The van der Waals surface area contributed by atoms with Crippen molar-refractivity contribution in [3.05, 3.63) is 42.4 Å². The van der Waals surface area contributed by atoms with E-state index in [9.17, 15) is 4.79 Å². The van der Waals surface area contributed by atoms with Crippen LogP contribution < -0.4 is 9.64 Å². The van der Waals surface area contributed by atoms with Crippen molar-refractivity contribution < 1.29 is 9.53 Å². The second kappa shape index (κ2) is 7.91. The minimum atomic E-state index is 0.170. The average Bonchev–Trinajstić information content (AvgIpc) is 3.03. The maximum absolute atomic E-state index is 12.9. The third-order valence-corrected chi connectivity index (χ3v) is 5.83. The first-order valence-corrected chi connectivity index (χ1v) is 10.3. The van der Waals surface area contributed by atoms with Crippen molar-refractivity contribution in [2.75, 3.05) is 50.8 Å². The van der Waals surface area contributed by atoms with Crippen molar-refractivity contribution in [1.29, 1.82) is 0 Å². The molecule has 9 heteroatoms. The lowest BCUT2D eigenvalue weighted by Gasteiger charge is -2.36. The molecular formula is C21H25N7O2. The van der Waals surface area contributed by atoms with Crippen LogP contribution in [0.2, 0.25) is 0 Å². The summed E-state index contributed by atoms with van der Waals surface area (Å²) >= 11 is 0. The molecule has 30 heavy (non-hydrogen) atoms. The number of anilines is 1. The number of hydrogen-bond donors (Lipinski definition) is 0. The van der Waals surface area contributed by atoms with Crippen molar-refractivity contribution in [3.8, 4) is 5.75 Å². The van der Waals surface area contributed by atoms with E-state index in [2.05, 4.69) is 30.9 Å². The molecule has 0 N–H and O–H groups in total. The third kappa shape index (κ3) is 3.56. The molecule has 0 radical (unpaired) electrons. The van der Waals surface area contributed by atoms with Crippen LogP contribution in [0.1, 0.15) is 5.56 Å². The molecule has 2 aromatic heterocycles. The van der Waals surface area contributed by atoms with Gasteiger partial charge in [-0.05, 0) is 6.07 Å². The van der Waals surface area contributed by atoms with Gasteiger partial charge in [-0.1, -0.05) is 18.2 Å². The van der Waals surface area contributed by atoms with Gasteiger partial charge in [0.2, 0.25) is 5.91 Å². The van der Waals surface area contributed by atoms with Gasteiger partial charge in [0.25, 0.3) is 0 Å². The Hall–Kier alpha value is -3.20. The van der Waals surface area contributed by atoms with Crippen molar-refractivity contribution in [1.82, 2.24) is 29.5 Å². The van der Waals surface area contributed by atoms with Gasteiger partial charge in [-0.2, -0.15) is 5.10 Å². The van der Waals surface area contributed by atoms with Crippen LogP contribution in [-0.2, 0) is 18.4 Å². The summed E-state index contributed by atoms with van der Waals surface area (Å²) in [6.45, 7) is 5.38. The molecule has 0 atom stereocenters. The first-order chi connectivity index (χ1) is 14.7. The van der Waals surface area contributed by atoms with Crippen LogP contribution in [0.5, 0.6) is 5.75 Å². The number of aryl methyl sites for hydroxylation is 1. The van der Waals surface area contributed by atoms with E-state index >= 15 is 0 Å². The summed E-state index contributed by atoms with van der Waals surface area (Å²) in [5.41, 5.74) is 1.96. The van der Waals surface area contributed by atoms with Crippen LogP contribution >= 0.6 is 0 Å². The molecule has 3 aromatic rings.